The molecule has 4 N–H and O–H groups in total. The van der Waals surface area contributed by atoms with E-state index >= 15 is 0 Å². The molecule has 1 aliphatic heterocycles. The van der Waals surface area contributed by atoms with Crippen LogP contribution in [-0.4, -0.2) is 125 Å². The van der Waals surface area contributed by atoms with Gasteiger partial charge in [0.2, 0.25) is 17.2 Å². The zero-order valence-corrected chi connectivity index (χ0v) is 65.2. The molecule has 0 atom stereocenters. The first kappa shape index (κ1) is 86.3. The number of hydrogen-bond acceptors (Lipinski definition) is 21. The van der Waals surface area contributed by atoms with Gasteiger partial charge in [0.05, 0.1) is 130 Å². The number of anilines is 4. The van der Waals surface area contributed by atoms with Gasteiger partial charge in [-0.1, -0.05) is 38.8 Å². The molecule has 9 heterocycles. The Kier molecular flexibility index (Phi) is 26.8. The van der Waals surface area contributed by atoms with Crippen LogP contribution in [0.25, 0.3) is 64.0 Å². The Hall–Kier alpha value is -10.1. The lowest BCUT2D eigenvalue weighted by molar-refractivity contribution is -0.138. The lowest BCUT2D eigenvalue weighted by atomic mass is 9.79. The zero-order valence-electron chi connectivity index (χ0n) is 62.0. The molecule has 606 valence electrons. The summed E-state index contributed by atoms with van der Waals surface area (Å²) >= 11 is 10.3. The van der Waals surface area contributed by atoms with Crippen molar-refractivity contribution in [2.75, 3.05) is 52.2 Å². The monoisotopic (exact) mass is 1670 g/mol. The average molecular weight is 1670 g/mol. The van der Waals surface area contributed by atoms with Crippen molar-refractivity contribution in [3.05, 3.63) is 158 Å². The van der Waals surface area contributed by atoms with Gasteiger partial charge in [0.25, 0.3) is 0 Å². The van der Waals surface area contributed by atoms with Gasteiger partial charge in [0.1, 0.15) is 28.6 Å². The fraction of sp³-hybridized carbons (Fsp3) is 0.355. The van der Waals surface area contributed by atoms with E-state index in [4.69, 9.17) is 50.6 Å². The maximum absolute atomic E-state index is 13.3. The van der Waals surface area contributed by atoms with Gasteiger partial charge in [0, 0.05) is 85.2 Å². The summed E-state index contributed by atoms with van der Waals surface area (Å²) in [7, 11) is 3.35. The molecule has 12 aromatic rings. The molecule has 38 heteroatoms. The Labute approximate surface area is 663 Å². The number of hydrogen-bond donors (Lipinski definition) is 4. The number of rotatable bonds is 14. The summed E-state index contributed by atoms with van der Waals surface area (Å²) in [6.07, 6.45) is 1.68. The number of nitrogens with one attached hydrogen (secondary N) is 2. The number of likely N-dealkylation sites (tertiary alicyclic amines) is 1. The highest BCUT2D eigenvalue weighted by atomic mass is 35.5. The molecule has 21 nitrogen and oxygen atoms in total. The topological polar surface area (TPSA) is 244 Å². The molecule has 14 rings (SSSR count). The quantitative estimate of drug-likeness (QED) is 0.0449. The second-order valence-electron chi connectivity index (χ2n) is 27.0. The van der Waals surface area contributed by atoms with E-state index in [0.717, 1.165) is 127 Å². The molecule has 0 radical (unpaired) electrons. The third-order valence-corrected chi connectivity index (χ3v) is 21.4. The number of methoxy groups -OCH3 is 4. The molecule has 1 amide bonds. The van der Waals surface area contributed by atoms with Gasteiger partial charge in [-0.05, 0) is 139 Å². The molecule has 114 heavy (non-hydrogen) atoms. The van der Waals surface area contributed by atoms with Gasteiger partial charge in [-0.15, -0.1) is 34.0 Å². The van der Waals surface area contributed by atoms with Crippen molar-refractivity contribution in [3.8, 4) is 56.4 Å². The number of carbonyl (C=O) groups is 1. The van der Waals surface area contributed by atoms with Crippen LogP contribution in [0.2, 0.25) is 5.28 Å². The summed E-state index contributed by atoms with van der Waals surface area (Å²) in [5.74, 6) is 0.939. The number of alkyl halides is 12. The fourth-order valence-electron chi connectivity index (χ4n) is 12.8. The minimum absolute atomic E-state index is 0. The van der Waals surface area contributed by atoms with Crippen LogP contribution in [0.15, 0.2) is 116 Å². The van der Waals surface area contributed by atoms with Crippen LogP contribution in [0.4, 0.5) is 80.8 Å². The second kappa shape index (κ2) is 35.3. The van der Waals surface area contributed by atoms with E-state index in [0.29, 0.717) is 81.1 Å². The summed E-state index contributed by atoms with van der Waals surface area (Å²) in [4.78, 5) is 43.2. The predicted octanol–water partition coefficient (Wildman–Crippen LogP) is 20.7. The van der Waals surface area contributed by atoms with Crippen LogP contribution < -0.4 is 35.0 Å². The molecule has 1 saturated heterocycles. The van der Waals surface area contributed by atoms with E-state index in [2.05, 4.69) is 45.5 Å². The third-order valence-electron chi connectivity index (χ3n) is 18.2. The smallest absolute Gasteiger partial charge is 0.492 e. The molecule has 0 unspecified atom stereocenters. The van der Waals surface area contributed by atoms with E-state index < -0.39 is 59.7 Å². The number of aryl methyl sites for hydroxylation is 3. The number of halogens is 13. The number of carbonyl (C=O) groups excluding carboxylic acids is 1. The molecular formula is C76H77BClF12N13O8S3. The van der Waals surface area contributed by atoms with E-state index in [-0.39, 0.29) is 53.3 Å². The number of ether oxygens (including phenoxy) is 5. The van der Waals surface area contributed by atoms with Gasteiger partial charge in [0.15, 0.2) is 0 Å². The molecular weight excluding hydrogens is 1590 g/mol. The van der Waals surface area contributed by atoms with Gasteiger partial charge >= 0.3 is 37.9 Å². The number of piperidine rings is 1. The van der Waals surface area contributed by atoms with Crippen molar-refractivity contribution in [2.24, 2.45) is 0 Å². The molecule has 0 bridgehead atoms. The number of thiophene rings is 3. The van der Waals surface area contributed by atoms with Crippen molar-refractivity contribution >= 4 is 118 Å². The Bertz CT molecular complexity index is 5380. The maximum atomic E-state index is 13.3. The second-order valence-corrected chi connectivity index (χ2v) is 31.1. The van der Waals surface area contributed by atoms with Crippen LogP contribution in [0, 0.1) is 20.8 Å². The molecule has 2 fully saturated rings. The Balaban J connectivity index is 0.000000170. The van der Waals surface area contributed by atoms with Crippen LogP contribution in [-0.2, 0) is 29.4 Å². The van der Waals surface area contributed by atoms with Crippen molar-refractivity contribution in [1.29, 1.82) is 0 Å². The fourth-order valence-corrected chi connectivity index (χ4v) is 15.9. The number of nitrogens with zero attached hydrogens (tertiary/aromatic N) is 11. The van der Waals surface area contributed by atoms with Gasteiger partial charge in [-0.2, -0.15) is 62.9 Å². The first-order valence-corrected chi connectivity index (χ1v) is 37.6. The first-order chi connectivity index (χ1) is 53.3. The molecule has 4 aromatic carbocycles. The number of benzene rings is 4. The van der Waals surface area contributed by atoms with Crippen molar-refractivity contribution in [1.82, 2.24) is 54.4 Å². The number of fused-ring (bicyclic) bond motifs is 3. The van der Waals surface area contributed by atoms with E-state index in [9.17, 15) is 57.5 Å². The normalized spacial score (nSPS) is 13.7. The Morgan fingerprint density at radius 1 is 0.500 bits per heavy atom. The largest absolute Gasteiger partial charge is 0.497 e. The van der Waals surface area contributed by atoms with Gasteiger partial charge in [-0.25, -0.2) is 34.7 Å². The van der Waals surface area contributed by atoms with E-state index in [1.807, 2.05) is 63.3 Å². The average Bonchev–Trinajstić information content (AvgIpc) is 1.60. The highest BCUT2D eigenvalue weighted by Gasteiger charge is 2.37. The Morgan fingerprint density at radius 2 is 0.851 bits per heavy atom. The molecule has 0 spiro atoms. The van der Waals surface area contributed by atoms with Gasteiger partial charge < -0.3 is 49.3 Å². The van der Waals surface area contributed by atoms with Crippen LogP contribution in [0.3, 0.4) is 0 Å². The minimum atomic E-state index is -4.48. The van der Waals surface area contributed by atoms with E-state index in [1.54, 1.807) is 35.9 Å². The maximum Gasteiger partial charge on any atom is 0.492 e. The van der Waals surface area contributed by atoms with Crippen molar-refractivity contribution in [3.63, 3.8) is 0 Å². The van der Waals surface area contributed by atoms with Crippen LogP contribution in [0.1, 0.15) is 122 Å². The molecule has 8 aromatic heterocycles. The minimum Gasteiger partial charge on any atom is -0.497 e. The molecule has 2 aliphatic rings. The highest BCUT2D eigenvalue weighted by Crippen LogP contribution is 2.48. The molecule has 1 aliphatic carbocycles. The van der Waals surface area contributed by atoms with Crippen molar-refractivity contribution in [2.45, 2.75) is 136 Å². The number of amides is 1. The highest BCUT2D eigenvalue weighted by molar-refractivity contribution is 7.20. The zero-order chi connectivity index (χ0) is 81.8. The lowest BCUT2D eigenvalue weighted by Gasteiger charge is -2.33. The predicted molar refractivity (Wildman–Crippen MR) is 416 cm³/mol. The number of aromatic nitrogens is 10. The van der Waals surface area contributed by atoms with Crippen LogP contribution >= 0.6 is 45.6 Å². The first-order valence-electron chi connectivity index (χ1n) is 34.7. The SMILES string of the molecule is C.COc1cc(C(F)(F)F)ccc1-c1c(C)sc2cnc(Cl)nc12.COc1cc(C(F)(F)F)ccc1-c1c(C)sc2cnc(Nc3cnn(C4CCCCC4)c3)nc12.COc1cc(C(F)(F)F)ccc1-c1c(C)sc2cnc(Nc3cnn(C4CCN(C(=O)OC(C)(C)C)CC4)c3)nc12.COc1cc(C(F)(F)F)ccc1B(O)O. The third kappa shape index (κ3) is 20.3. The summed E-state index contributed by atoms with van der Waals surface area (Å²) < 4.78 is 187. The summed E-state index contributed by atoms with van der Waals surface area (Å²) in [6.45, 7) is 12.4. The molecule has 1 saturated carbocycles. The van der Waals surface area contributed by atoms with E-state index in [1.165, 1.54) is 92.8 Å². The summed E-state index contributed by atoms with van der Waals surface area (Å²) in [6, 6.07) is 13.4. The van der Waals surface area contributed by atoms with Crippen LogP contribution in [0.5, 0.6) is 23.0 Å². The standard InChI is InChI=1S/C28H31F3N6O3S.C24H24F3N5OS.C15H10ClF3N2OS.C8H8BF3O3.CH4/c1-16-23(20-7-6-17(28(29,30)31)12-21(20)39-5)24-22(41-16)14-32-25(35-24)34-18-13-33-37(15-18)19-8-10-36(11-9-19)26(38)40-27(2,3)4;1-14-21(18-9-8-15(24(25,26)27)10-19(18)33-2)22-20(34-14)12-28-23(31-22)30-16-11-29-32(13-16)17-6-4-3-5-7-17;1-7-12(13-11(23-7)6-20-14(16)21-13)9-4-3-8(15(17,18)19)5-10(9)22-2;1-15-7-4-5(8(10,11)12)2-3-6(7)9(13)14;/h6-7,12-15,19H,8-11H2,1-5H3,(H,32,34,35);8-13,17H,3-7H2,1-2H3,(H,28,30,31);3-6H,1-2H3;2-4,13-14H,1H3;1H4. The summed E-state index contributed by atoms with van der Waals surface area (Å²) in [5.41, 5.74) is 3.33. The lowest BCUT2D eigenvalue weighted by Crippen LogP contribution is -2.42. The van der Waals surface area contributed by atoms with Gasteiger partial charge in [-0.3, -0.25) is 9.36 Å². The Morgan fingerprint density at radius 3 is 1.21 bits per heavy atom. The van der Waals surface area contributed by atoms with Crippen molar-refractivity contribution < 1.29 is 91.2 Å². The summed E-state index contributed by atoms with van der Waals surface area (Å²) in [5, 5.41) is 33.2.